The third-order valence-electron chi connectivity index (χ3n) is 3.22. The first-order chi connectivity index (χ1) is 8.29. The van der Waals surface area contributed by atoms with Gasteiger partial charge in [0.2, 0.25) is 0 Å². The molecule has 17 heavy (non-hydrogen) atoms. The smallest absolute Gasteiger partial charge is 0.137 e. The average Bonchev–Trinajstić information content (AvgIpc) is 2.34. The van der Waals surface area contributed by atoms with Gasteiger partial charge in [-0.2, -0.15) is 0 Å². The lowest BCUT2D eigenvalue weighted by atomic mass is 10.0. The van der Waals surface area contributed by atoms with Crippen molar-refractivity contribution < 1.29 is 4.39 Å². The normalized spacial score (nSPS) is 17.3. The van der Waals surface area contributed by atoms with E-state index >= 15 is 0 Å². The van der Waals surface area contributed by atoms with Gasteiger partial charge in [0.1, 0.15) is 5.82 Å². The molecule has 0 heterocycles. The van der Waals surface area contributed by atoms with Crippen molar-refractivity contribution in [2.75, 3.05) is 7.05 Å². The largest absolute Gasteiger partial charge is 0.316 e. The third-order valence-corrected chi connectivity index (χ3v) is 4.61. The molecule has 2 rings (SSSR count). The average molecular weight is 253 g/mol. The Morgan fingerprint density at radius 1 is 1.29 bits per heavy atom. The standard InChI is InChI=1S/C14H20FNS/c1-16-10-11-7-8-14(13(15)9-11)17-12-5-3-2-4-6-12/h7-9,12,16H,2-6,10H2,1H3. The summed E-state index contributed by atoms with van der Waals surface area (Å²) in [5.41, 5.74) is 1.01. The molecule has 1 aromatic carbocycles. The highest BCUT2D eigenvalue weighted by molar-refractivity contribution is 8.00. The summed E-state index contributed by atoms with van der Waals surface area (Å²) in [5.74, 6) is -0.0617. The van der Waals surface area contributed by atoms with Gasteiger partial charge in [-0.3, -0.25) is 0 Å². The first-order valence-electron chi connectivity index (χ1n) is 6.39. The van der Waals surface area contributed by atoms with E-state index < -0.39 is 0 Å². The number of halogens is 1. The second-order valence-corrected chi connectivity index (χ2v) is 6.02. The minimum atomic E-state index is -0.0617. The van der Waals surface area contributed by atoms with Crippen LogP contribution in [-0.2, 0) is 6.54 Å². The summed E-state index contributed by atoms with van der Waals surface area (Å²) in [4.78, 5) is 0.816. The molecule has 1 fully saturated rings. The molecule has 0 atom stereocenters. The van der Waals surface area contributed by atoms with Crippen molar-refractivity contribution in [2.45, 2.75) is 48.8 Å². The maximum Gasteiger partial charge on any atom is 0.137 e. The summed E-state index contributed by atoms with van der Waals surface area (Å²) in [6.45, 7) is 0.727. The van der Waals surface area contributed by atoms with Crippen LogP contribution in [0.15, 0.2) is 23.1 Å². The van der Waals surface area contributed by atoms with Crippen molar-refractivity contribution in [3.8, 4) is 0 Å². The molecule has 0 aliphatic heterocycles. The van der Waals surface area contributed by atoms with E-state index in [1.54, 1.807) is 17.8 Å². The predicted octanol–water partition coefficient (Wildman–Crippen LogP) is 3.97. The maximum atomic E-state index is 13.9. The number of rotatable bonds is 4. The molecule has 0 saturated heterocycles. The monoisotopic (exact) mass is 253 g/mol. The van der Waals surface area contributed by atoms with E-state index in [0.29, 0.717) is 5.25 Å². The molecule has 0 bridgehead atoms. The number of thioether (sulfide) groups is 1. The van der Waals surface area contributed by atoms with Crippen molar-refractivity contribution >= 4 is 11.8 Å². The molecule has 0 aromatic heterocycles. The van der Waals surface area contributed by atoms with E-state index in [9.17, 15) is 4.39 Å². The maximum absolute atomic E-state index is 13.9. The Bertz CT molecular complexity index is 361. The van der Waals surface area contributed by atoms with Crippen molar-refractivity contribution in [3.05, 3.63) is 29.6 Å². The Morgan fingerprint density at radius 2 is 2.06 bits per heavy atom. The SMILES string of the molecule is CNCc1ccc(SC2CCCCC2)c(F)c1. The zero-order valence-corrected chi connectivity index (χ0v) is 11.2. The topological polar surface area (TPSA) is 12.0 Å². The summed E-state index contributed by atoms with van der Waals surface area (Å²) in [6, 6.07) is 5.60. The number of hydrogen-bond acceptors (Lipinski definition) is 2. The Labute approximate surface area is 107 Å². The van der Waals surface area contributed by atoms with Gasteiger partial charge in [-0.1, -0.05) is 25.3 Å². The van der Waals surface area contributed by atoms with Crippen molar-refractivity contribution in [1.29, 1.82) is 0 Å². The molecule has 0 spiro atoms. The molecule has 94 valence electrons. The van der Waals surface area contributed by atoms with Crippen LogP contribution in [0.5, 0.6) is 0 Å². The van der Waals surface area contributed by atoms with Gasteiger partial charge >= 0.3 is 0 Å². The van der Waals surface area contributed by atoms with Crippen molar-refractivity contribution in [1.82, 2.24) is 5.32 Å². The van der Waals surface area contributed by atoms with Gasteiger partial charge in [0.15, 0.2) is 0 Å². The van der Waals surface area contributed by atoms with Crippen LogP contribution >= 0.6 is 11.8 Å². The Balaban J connectivity index is 2.00. The van der Waals surface area contributed by atoms with E-state index in [1.165, 1.54) is 32.1 Å². The minimum Gasteiger partial charge on any atom is -0.316 e. The van der Waals surface area contributed by atoms with E-state index in [2.05, 4.69) is 5.32 Å². The molecule has 1 nitrogen and oxygen atoms in total. The fourth-order valence-electron chi connectivity index (χ4n) is 2.32. The van der Waals surface area contributed by atoms with E-state index in [0.717, 1.165) is 17.0 Å². The van der Waals surface area contributed by atoms with Crippen LogP contribution < -0.4 is 5.32 Å². The summed E-state index contributed by atoms with van der Waals surface area (Å²) in [6.07, 6.45) is 6.43. The first kappa shape index (κ1) is 12.9. The lowest BCUT2D eigenvalue weighted by molar-refractivity contribution is 0.514. The number of benzene rings is 1. The second-order valence-electron chi connectivity index (χ2n) is 4.67. The van der Waals surface area contributed by atoms with Crippen LogP contribution in [0.25, 0.3) is 0 Å². The molecule has 1 aliphatic rings. The Kier molecular flexibility index (Phi) is 4.86. The van der Waals surface area contributed by atoms with Crippen LogP contribution in [0.4, 0.5) is 4.39 Å². The minimum absolute atomic E-state index is 0.0617. The highest BCUT2D eigenvalue weighted by Gasteiger charge is 2.16. The molecule has 1 saturated carbocycles. The summed E-state index contributed by atoms with van der Waals surface area (Å²) in [5, 5.41) is 3.66. The lowest BCUT2D eigenvalue weighted by Crippen LogP contribution is -2.08. The molecule has 0 radical (unpaired) electrons. The van der Waals surface area contributed by atoms with Crippen molar-refractivity contribution in [3.63, 3.8) is 0 Å². The van der Waals surface area contributed by atoms with Crippen LogP contribution in [0.2, 0.25) is 0 Å². The Hall–Kier alpha value is -0.540. The first-order valence-corrected chi connectivity index (χ1v) is 7.27. The lowest BCUT2D eigenvalue weighted by Gasteiger charge is -2.21. The molecular weight excluding hydrogens is 233 g/mol. The molecular formula is C14H20FNS. The van der Waals surface area contributed by atoms with Gasteiger partial charge in [0.05, 0.1) is 0 Å². The summed E-state index contributed by atoms with van der Waals surface area (Å²) >= 11 is 1.72. The van der Waals surface area contributed by atoms with E-state index in [4.69, 9.17) is 0 Å². The fourth-order valence-corrected chi connectivity index (χ4v) is 3.56. The van der Waals surface area contributed by atoms with E-state index in [-0.39, 0.29) is 5.82 Å². The Morgan fingerprint density at radius 3 is 2.71 bits per heavy atom. The molecule has 1 aromatic rings. The van der Waals surface area contributed by atoms with Crippen LogP contribution in [0.1, 0.15) is 37.7 Å². The van der Waals surface area contributed by atoms with Crippen molar-refractivity contribution in [2.24, 2.45) is 0 Å². The zero-order valence-electron chi connectivity index (χ0n) is 10.3. The van der Waals surface area contributed by atoms with Gasteiger partial charge in [-0.05, 0) is 37.6 Å². The van der Waals surface area contributed by atoms with Gasteiger partial charge < -0.3 is 5.32 Å². The van der Waals surface area contributed by atoms with Gasteiger partial charge in [-0.15, -0.1) is 11.8 Å². The molecule has 0 amide bonds. The highest BCUT2D eigenvalue weighted by atomic mass is 32.2. The van der Waals surface area contributed by atoms with E-state index in [1.807, 2.05) is 19.2 Å². The fraction of sp³-hybridized carbons (Fsp3) is 0.571. The quantitative estimate of drug-likeness (QED) is 0.871. The van der Waals surface area contributed by atoms with Gasteiger partial charge in [-0.25, -0.2) is 4.39 Å². The molecule has 3 heteroatoms. The molecule has 0 unspecified atom stereocenters. The zero-order chi connectivity index (χ0) is 12.1. The van der Waals surface area contributed by atoms with Gasteiger partial charge in [0.25, 0.3) is 0 Å². The second kappa shape index (κ2) is 6.41. The molecule has 1 N–H and O–H groups in total. The van der Waals surface area contributed by atoms with Gasteiger partial charge in [0, 0.05) is 16.7 Å². The van der Waals surface area contributed by atoms with Crippen LogP contribution in [-0.4, -0.2) is 12.3 Å². The van der Waals surface area contributed by atoms with Crippen LogP contribution in [0.3, 0.4) is 0 Å². The third kappa shape index (κ3) is 3.71. The molecule has 1 aliphatic carbocycles. The van der Waals surface area contributed by atoms with Crippen LogP contribution in [0, 0.1) is 5.82 Å². The summed E-state index contributed by atoms with van der Waals surface area (Å²) < 4.78 is 13.9. The number of nitrogens with one attached hydrogen (secondary N) is 1. The number of hydrogen-bond donors (Lipinski definition) is 1. The highest BCUT2D eigenvalue weighted by Crippen LogP contribution is 2.34. The summed E-state index contributed by atoms with van der Waals surface area (Å²) in [7, 11) is 1.88. The predicted molar refractivity (Wildman–Crippen MR) is 71.9 cm³/mol.